The van der Waals surface area contributed by atoms with Crippen molar-refractivity contribution in [1.82, 2.24) is 0 Å². The molecule has 0 unspecified atom stereocenters. The maximum absolute atomic E-state index is 9.35. The zero-order chi connectivity index (χ0) is 9.40. The molecular weight excluding hydrogens is 149 g/mol. The Hall–Kier alpha value is -1.51. The first kappa shape index (κ1) is 10.5. The van der Waals surface area contributed by atoms with Crippen LogP contribution in [0.5, 0.6) is 0 Å². The summed E-state index contributed by atoms with van der Waals surface area (Å²) >= 11 is 0. The first-order valence-corrected chi connectivity index (χ1v) is 3.53. The van der Waals surface area contributed by atoms with Gasteiger partial charge in [0.25, 0.3) is 0 Å². The summed E-state index contributed by atoms with van der Waals surface area (Å²) in [5, 5.41) is 9.35. The SMILES string of the molecule is B/N=C/C(C=C)=C(O)/C=C\C=C. The summed E-state index contributed by atoms with van der Waals surface area (Å²) in [5.74, 6) is 0.135. The monoisotopic (exact) mass is 161 g/mol. The molecule has 0 amide bonds. The standard InChI is InChI=1S/C9H12BNO/c1-3-5-6-9(12)8(4-2)7-11-10/h3-7,12H,1-2,10H2/b6-5-,9-8-,11-7+. The third kappa shape index (κ3) is 3.61. The summed E-state index contributed by atoms with van der Waals surface area (Å²) in [6.07, 6.45) is 7.83. The highest BCUT2D eigenvalue weighted by Gasteiger charge is 1.92. The lowest BCUT2D eigenvalue weighted by Crippen LogP contribution is -1.86. The number of nitrogens with zero attached hydrogens (tertiary/aromatic N) is 1. The molecule has 1 N–H and O–H groups in total. The topological polar surface area (TPSA) is 32.6 Å². The molecule has 0 aromatic rings. The smallest absolute Gasteiger partial charge is 0.244 e. The number of rotatable bonds is 4. The van der Waals surface area contributed by atoms with Gasteiger partial charge in [0.05, 0.1) is 0 Å². The van der Waals surface area contributed by atoms with Gasteiger partial charge < -0.3 is 10.0 Å². The summed E-state index contributed by atoms with van der Waals surface area (Å²) < 4.78 is 0. The molecule has 0 aliphatic rings. The van der Waals surface area contributed by atoms with Crippen molar-refractivity contribution in [2.24, 2.45) is 4.90 Å². The molecule has 0 aliphatic heterocycles. The quantitative estimate of drug-likeness (QED) is 0.287. The minimum Gasteiger partial charge on any atom is -0.507 e. The van der Waals surface area contributed by atoms with Crippen molar-refractivity contribution in [3.05, 3.63) is 48.8 Å². The van der Waals surface area contributed by atoms with E-state index in [0.717, 1.165) is 0 Å². The minimum absolute atomic E-state index is 0.135. The van der Waals surface area contributed by atoms with Crippen molar-refractivity contribution in [3.63, 3.8) is 0 Å². The Bertz CT molecular complexity index is 251. The number of allylic oxidation sites excluding steroid dienone is 5. The Morgan fingerprint density at radius 3 is 2.50 bits per heavy atom. The fourth-order valence-electron chi connectivity index (χ4n) is 0.618. The van der Waals surface area contributed by atoms with Gasteiger partial charge in [0.2, 0.25) is 7.98 Å². The van der Waals surface area contributed by atoms with Crippen LogP contribution in [0.15, 0.2) is 53.7 Å². The van der Waals surface area contributed by atoms with E-state index in [4.69, 9.17) is 0 Å². The van der Waals surface area contributed by atoms with Crippen molar-refractivity contribution < 1.29 is 5.11 Å². The summed E-state index contributed by atoms with van der Waals surface area (Å²) in [7, 11) is 1.63. The number of aliphatic hydroxyl groups excluding tert-OH is 1. The second-order valence-electron chi connectivity index (χ2n) is 2.03. The van der Waals surface area contributed by atoms with Crippen LogP contribution in [0.1, 0.15) is 0 Å². The van der Waals surface area contributed by atoms with Gasteiger partial charge in [-0.1, -0.05) is 31.4 Å². The van der Waals surface area contributed by atoms with Gasteiger partial charge in [-0.25, -0.2) is 0 Å². The molecule has 0 saturated carbocycles. The Morgan fingerprint density at radius 1 is 1.42 bits per heavy atom. The van der Waals surface area contributed by atoms with Gasteiger partial charge in [0.1, 0.15) is 5.76 Å². The van der Waals surface area contributed by atoms with Crippen molar-refractivity contribution in [2.45, 2.75) is 0 Å². The van der Waals surface area contributed by atoms with Gasteiger partial charge in [0.15, 0.2) is 0 Å². The largest absolute Gasteiger partial charge is 0.507 e. The molecule has 0 aromatic carbocycles. The van der Waals surface area contributed by atoms with Gasteiger partial charge in [-0.2, -0.15) is 0 Å². The van der Waals surface area contributed by atoms with E-state index in [9.17, 15) is 5.11 Å². The fraction of sp³-hybridized carbons (Fsp3) is 0. The first-order chi connectivity index (χ1) is 5.76. The lowest BCUT2D eigenvalue weighted by molar-refractivity contribution is 0.430. The fourth-order valence-corrected chi connectivity index (χ4v) is 0.618. The Labute approximate surface area is 73.8 Å². The Kier molecular flexibility index (Phi) is 5.44. The molecule has 0 bridgehead atoms. The molecular formula is C9H12BNO. The molecule has 0 aromatic heterocycles. The van der Waals surface area contributed by atoms with Crippen LogP contribution in [0.3, 0.4) is 0 Å². The van der Waals surface area contributed by atoms with E-state index in [1.165, 1.54) is 18.4 Å². The molecule has 0 saturated heterocycles. The van der Waals surface area contributed by atoms with Crippen LogP contribution in [0.25, 0.3) is 0 Å². The summed E-state index contributed by atoms with van der Waals surface area (Å²) in [5.41, 5.74) is 0.593. The third-order valence-electron chi connectivity index (χ3n) is 1.17. The lowest BCUT2D eigenvalue weighted by Gasteiger charge is -1.94. The predicted octanol–water partition coefficient (Wildman–Crippen LogP) is 1.35. The minimum atomic E-state index is 0.135. The van der Waals surface area contributed by atoms with E-state index < -0.39 is 0 Å². The molecule has 0 heterocycles. The molecule has 0 aliphatic carbocycles. The average molecular weight is 161 g/mol. The first-order valence-electron chi connectivity index (χ1n) is 3.53. The zero-order valence-corrected chi connectivity index (χ0v) is 7.20. The highest BCUT2D eigenvalue weighted by atomic mass is 16.3. The van der Waals surface area contributed by atoms with Gasteiger partial charge in [0, 0.05) is 11.8 Å². The van der Waals surface area contributed by atoms with Crippen LogP contribution in [0.2, 0.25) is 0 Å². The zero-order valence-electron chi connectivity index (χ0n) is 7.20. The molecule has 12 heavy (non-hydrogen) atoms. The van der Waals surface area contributed by atoms with E-state index in [2.05, 4.69) is 18.1 Å². The summed E-state index contributed by atoms with van der Waals surface area (Å²) in [6, 6.07) is 0. The Morgan fingerprint density at radius 2 is 2.08 bits per heavy atom. The second-order valence-corrected chi connectivity index (χ2v) is 2.03. The molecule has 0 rings (SSSR count). The highest BCUT2D eigenvalue weighted by molar-refractivity contribution is 6.11. The van der Waals surface area contributed by atoms with E-state index in [1.54, 1.807) is 20.1 Å². The van der Waals surface area contributed by atoms with Crippen molar-refractivity contribution in [2.75, 3.05) is 0 Å². The van der Waals surface area contributed by atoms with Gasteiger partial charge in [-0.05, 0) is 6.08 Å². The number of hydrogen-bond acceptors (Lipinski definition) is 2. The van der Waals surface area contributed by atoms with E-state index in [0.29, 0.717) is 5.57 Å². The van der Waals surface area contributed by atoms with Crippen LogP contribution in [-0.4, -0.2) is 19.3 Å². The highest BCUT2D eigenvalue weighted by Crippen LogP contribution is 2.01. The Balaban J connectivity index is 4.70. The average Bonchev–Trinajstić information content (AvgIpc) is 2.10. The molecule has 0 radical (unpaired) electrons. The molecule has 0 atom stereocenters. The second kappa shape index (κ2) is 6.22. The third-order valence-corrected chi connectivity index (χ3v) is 1.17. The van der Waals surface area contributed by atoms with Gasteiger partial charge in [-0.15, -0.1) is 0 Å². The number of hydrogen-bond donors (Lipinski definition) is 1. The van der Waals surface area contributed by atoms with Crippen LogP contribution in [0.4, 0.5) is 0 Å². The predicted molar refractivity (Wildman–Crippen MR) is 56.2 cm³/mol. The van der Waals surface area contributed by atoms with E-state index in [1.807, 2.05) is 0 Å². The summed E-state index contributed by atoms with van der Waals surface area (Å²) in [6.45, 7) is 7.02. The van der Waals surface area contributed by atoms with E-state index >= 15 is 0 Å². The van der Waals surface area contributed by atoms with Crippen LogP contribution in [0, 0.1) is 0 Å². The van der Waals surface area contributed by atoms with Gasteiger partial charge in [-0.3, -0.25) is 0 Å². The molecule has 0 fully saturated rings. The van der Waals surface area contributed by atoms with Crippen molar-refractivity contribution in [1.29, 1.82) is 0 Å². The number of aliphatic hydroxyl groups is 1. The maximum Gasteiger partial charge on any atom is 0.244 e. The van der Waals surface area contributed by atoms with Crippen molar-refractivity contribution >= 4 is 14.2 Å². The summed E-state index contributed by atoms with van der Waals surface area (Å²) in [4.78, 5) is 3.76. The molecule has 62 valence electrons. The lowest BCUT2D eigenvalue weighted by atomic mass is 10.2. The van der Waals surface area contributed by atoms with Crippen LogP contribution in [-0.2, 0) is 0 Å². The van der Waals surface area contributed by atoms with Crippen LogP contribution >= 0.6 is 0 Å². The van der Waals surface area contributed by atoms with Crippen molar-refractivity contribution in [3.8, 4) is 0 Å². The molecule has 3 heteroatoms. The maximum atomic E-state index is 9.35. The molecule has 0 spiro atoms. The van der Waals surface area contributed by atoms with Gasteiger partial charge >= 0.3 is 0 Å². The normalized spacial score (nSPS) is 13.3. The van der Waals surface area contributed by atoms with Crippen LogP contribution < -0.4 is 0 Å². The van der Waals surface area contributed by atoms with E-state index in [-0.39, 0.29) is 5.76 Å². The molecule has 2 nitrogen and oxygen atoms in total.